The van der Waals surface area contributed by atoms with Crippen molar-refractivity contribution in [3.05, 3.63) is 83.1 Å². The smallest absolute Gasteiger partial charge is 0.266 e. The Hall–Kier alpha value is -3.58. The van der Waals surface area contributed by atoms with Gasteiger partial charge in [0.25, 0.3) is 5.91 Å². The van der Waals surface area contributed by atoms with E-state index >= 15 is 0 Å². The molecule has 26 heavy (non-hydrogen) atoms. The molecule has 0 aliphatic rings. The average Bonchev–Trinajstić information content (AvgIpc) is 3.10. The van der Waals surface area contributed by atoms with Gasteiger partial charge in [0.2, 0.25) is 0 Å². The Kier molecular flexibility index (Phi) is 5.00. The molecule has 0 bridgehead atoms. The van der Waals surface area contributed by atoms with Gasteiger partial charge >= 0.3 is 0 Å². The molecule has 0 spiro atoms. The molecule has 128 valence electrons. The predicted octanol–water partition coefficient (Wildman–Crippen LogP) is 5.11. The number of hydrogen-bond donors (Lipinski definition) is 1. The topological polar surface area (TPSA) is 66.0 Å². The number of furan rings is 1. The second-order valence-corrected chi connectivity index (χ2v) is 6.01. The van der Waals surface area contributed by atoms with Crippen molar-refractivity contribution in [2.24, 2.45) is 0 Å². The first-order valence-corrected chi connectivity index (χ1v) is 8.22. The summed E-state index contributed by atoms with van der Waals surface area (Å²) < 4.78 is 5.76. The van der Waals surface area contributed by atoms with Crippen LogP contribution in [0.4, 0.5) is 5.69 Å². The lowest BCUT2D eigenvalue weighted by atomic mass is 10.1. The van der Waals surface area contributed by atoms with Crippen molar-refractivity contribution in [2.45, 2.75) is 13.8 Å². The molecule has 0 unspecified atom stereocenters. The zero-order chi connectivity index (χ0) is 18.5. The largest absolute Gasteiger partial charge is 0.457 e. The third kappa shape index (κ3) is 3.90. The number of hydrogen-bond acceptors (Lipinski definition) is 3. The molecule has 0 saturated carbocycles. The number of carbonyl (C=O) groups excluding carboxylic acids is 1. The zero-order valence-corrected chi connectivity index (χ0v) is 14.6. The highest BCUT2D eigenvalue weighted by atomic mass is 16.3. The molecular formula is C22H18N2O2. The molecule has 2 aromatic carbocycles. The first-order chi connectivity index (χ1) is 12.6. The number of nitrogens with one attached hydrogen (secondary N) is 1. The van der Waals surface area contributed by atoms with Gasteiger partial charge in [-0.25, -0.2) is 0 Å². The van der Waals surface area contributed by atoms with Gasteiger partial charge in [0.1, 0.15) is 23.2 Å². The number of rotatable bonds is 4. The molecule has 1 aromatic heterocycles. The van der Waals surface area contributed by atoms with Crippen LogP contribution in [0.25, 0.3) is 17.4 Å². The maximum absolute atomic E-state index is 12.4. The Labute approximate surface area is 152 Å². The highest BCUT2D eigenvalue weighted by Gasteiger charge is 2.12. The summed E-state index contributed by atoms with van der Waals surface area (Å²) >= 11 is 0. The van der Waals surface area contributed by atoms with E-state index in [0.717, 1.165) is 11.1 Å². The molecule has 1 N–H and O–H groups in total. The van der Waals surface area contributed by atoms with Gasteiger partial charge in [-0.15, -0.1) is 0 Å². The van der Waals surface area contributed by atoms with Gasteiger partial charge in [-0.05, 0) is 37.6 Å². The molecule has 0 aliphatic heterocycles. The van der Waals surface area contributed by atoms with E-state index in [0.29, 0.717) is 17.2 Å². The predicted molar refractivity (Wildman–Crippen MR) is 102 cm³/mol. The Morgan fingerprint density at radius 3 is 2.46 bits per heavy atom. The minimum absolute atomic E-state index is 0.0157. The van der Waals surface area contributed by atoms with Crippen molar-refractivity contribution in [3.63, 3.8) is 0 Å². The van der Waals surface area contributed by atoms with E-state index in [1.807, 2.05) is 68.4 Å². The Morgan fingerprint density at radius 2 is 1.77 bits per heavy atom. The second kappa shape index (κ2) is 7.54. The molecule has 0 radical (unpaired) electrons. The average molecular weight is 342 g/mol. The van der Waals surface area contributed by atoms with Crippen molar-refractivity contribution in [2.75, 3.05) is 5.32 Å². The molecule has 4 heteroatoms. The van der Waals surface area contributed by atoms with Crippen LogP contribution in [0.2, 0.25) is 0 Å². The van der Waals surface area contributed by atoms with Gasteiger partial charge in [-0.2, -0.15) is 5.26 Å². The summed E-state index contributed by atoms with van der Waals surface area (Å²) in [5, 5.41) is 12.1. The number of benzene rings is 2. The monoisotopic (exact) mass is 342 g/mol. The molecule has 0 saturated heterocycles. The highest BCUT2D eigenvalue weighted by Crippen LogP contribution is 2.24. The van der Waals surface area contributed by atoms with Gasteiger partial charge in [-0.1, -0.05) is 48.0 Å². The number of amides is 1. The molecule has 0 atom stereocenters. The minimum Gasteiger partial charge on any atom is -0.457 e. The highest BCUT2D eigenvalue weighted by molar-refractivity contribution is 6.09. The van der Waals surface area contributed by atoms with Crippen molar-refractivity contribution in [3.8, 4) is 17.4 Å². The summed E-state index contributed by atoms with van der Waals surface area (Å²) in [4.78, 5) is 12.4. The lowest BCUT2D eigenvalue weighted by molar-refractivity contribution is -0.112. The molecule has 0 fully saturated rings. The molecular weight excluding hydrogens is 324 g/mol. The molecule has 4 nitrogen and oxygen atoms in total. The zero-order valence-electron chi connectivity index (χ0n) is 14.6. The van der Waals surface area contributed by atoms with Crippen molar-refractivity contribution < 1.29 is 9.21 Å². The van der Waals surface area contributed by atoms with Crippen molar-refractivity contribution >= 4 is 17.7 Å². The summed E-state index contributed by atoms with van der Waals surface area (Å²) in [5.41, 5.74) is 3.70. The van der Waals surface area contributed by atoms with E-state index in [4.69, 9.17) is 4.42 Å². The molecule has 0 aliphatic carbocycles. The summed E-state index contributed by atoms with van der Waals surface area (Å²) in [5.74, 6) is 0.681. The third-order valence-electron chi connectivity index (χ3n) is 4.01. The molecule has 1 amide bonds. The summed E-state index contributed by atoms with van der Waals surface area (Å²) in [6, 6.07) is 20.9. The second-order valence-electron chi connectivity index (χ2n) is 6.01. The lowest BCUT2D eigenvalue weighted by Crippen LogP contribution is -2.14. The van der Waals surface area contributed by atoms with E-state index < -0.39 is 5.91 Å². The van der Waals surface area contributed by atoms with Gasteiger partial charge in [-0.3, -0.25) is 4.79 Å². The van der Waals surface area contributed by atoms with Gasteiger partial charge in [0.05, 0.1) is 0 Å². The van der Waals surface area contributed by atoms with Crippen LogP contribution in [0.1, 0.15) is 16.9 Å². The normalized spacial score (nSPS) is 11.0. The van der Waals surface area contributed by atoms with E-state index in [2.05, 4.69) is 5.32 Å². The van der Waals surface area contributed by atoms with Crippen LogP contribution < -0.4 is 5.32 Å². The minimum atomic E-state index is -0.463. The van der Waals surface area contributed by atoms with Crippen LogP contribution in [0.3, 0.4) is 0 Å². The number of carbonyl (C=O) groups is 1. The Bertz CT molecular complexity index is 1010. The fourth-order valence-corrected chi connectivity index (χ4v) is 2.50. The number of anilines is 1. The number of para-hydroxylation sites is 1. The van der Waals surface area contributed by atoms with Gasteiger partial charge in [0.15, 0.2) is 0 Å². The van der Waals surface area contributed by atoms with Gasteiger partial charge in [0, 0.05) is 17.3 Å². The van der Waals surface area contributed by atoms with Crippen LogP contribution in [-0.2, 0) is 4.79 Å². The number of nitrogens with zero attached hydrogens (tertiary/aromatic N) is 1. The molecule has 3 aromatic rings. The number of aryl methyl sites for hydroxylation is 2. The Morgan fingerprint density at radius 1 is 1.04 bits per heavy atom. The third-order valence-corrected chi connectivity index (χ3v) is 4.01. The quantitative estimate of drug-likeness (QED) is 0.529. The van der Waals surface area contributed by atoms with Crippen LogP contribution in [0.15, 0.2) is 70.7 Å². The van der Waals surface area contributed by atoms with E-state index in [1.54, 1.807) is 12.1 Å². The van der Waals surface area contributed by atoms with E-state index in [1.165, 1.54) is 11.6 Å². The van der Waals surface area contributed by atoms with Crippen molar-refractivity contribution in [1.29, 1.82) is 5.26 Å². The molecule has 3 rings (SSSR count). The van der Waals surface area contributed by atoms with Crippen LogP contribution in [-0.4, -0.2) is 5.91 Å². The maximum Gasteiger partial charge on any atom is 0.266 e. The fourth-order valence-electron chi connectivity index (χ4n) is 2.50. The standard InChI is InChI=1S/C22H18N2O2/c1-15-7-9-17(10-8-15)21-12-11-19(26-21)13-18(14-23)22(25)24-20-6-4-3-5-16(20)2/h3-13H,1-2H3,(H,24,25). The van der Waals surface area contributed by atoms with E-state index in [9.17, 15) is 10.1 Å². The first kappa shape index (κ1) is 17.2. The summed E-state index contributed by atoms with van der Waals surface area (Å²) in [6.45, 7) is 3.91. The molecule has 1 heterocycles. The fraction of sp³-hybridized carbons (Fsp3) is 0.0909. The maximum atomic E-state index is 12.4. The van der Waals surface area contributed by atoms with E-state index in [-0.39, 0.29) is 5.57 Å². The first-order valence-electron chi connectivity index (χ1n) is 8.22. The number of nitriles is 1. The van der Waals surface area contributed by atoms with Crippen LogP contribution in [0, 0.1) is 25.2 Å². The van der Waals surface area contributed by atoms with Gasteiger partial charge < -0.3 is 9.73 Å². The summed E-state index contributed by atoms with van der Waals surface area (Å²) in [6.07, 6.45) is 1.45. The lowest BCUT2D eigenvalue weighted by Gasteiger charge is -2.06. The Balaban J connectivity index is 1.81. The van der Waals surface area contributed by atoms with Crippen molar-refractivity contribution in [1.82, 2.24) is 0 Å². The van der Waals surface area contributed by atoms with Crippen LogP contribution >= 0.6 is 0 Å². The summed E-state index contributed by atoms with van der Waals surface area (Å²) in [7, 11) is 0. The van der Waals surface area contributed by atoms with Crippen LogP contribution in [0.5, 0.6) is 0 Å². The SMILES string of the molecule is Cc1ccc(-c2ccc(C=C(C#N)C(=O)Nc3ccccc3C)o2)cc1.